The Bertz CT molecular complexity index is 590. The zero-order chi connectivity index (χ0) is 16.7. The van der Waals surface area contributed by atoms with E-state index in [0.29, 0.717) is 15.0 Å². The van der Waals surface area contributed by atoms with Gasteiger partial charge in [0.25, 0.3) is 0 Å². The zero-order valence-electron chi connectivity index (χ0n) is 14.2. The molecular weight excluding hydrogens is 414 g/mol. The fourth-order valence-electron chi connectivity index (χ4n) is 2.37. The normalized spacial score (nSPS) is 13.0. The van der Waals surface area contributed by atoms with Crippen LogP contribution in [0.2, 0.25) is 5.32 Å². The van der Waals surface area contributed by atoms with Gasteiger partial charge in [-0.05, 0) is 0 Å². The minimum absolute atomic E-state index is 0.180. The van der Waals surface area contributed by atoms with Crippen LogP contribution in [-0.4, -0.2) is 40.6 Å². The molecular formula is C20H26OSe2. The molecule has 0 saturated carbocycles. The third-order valence-corrected chi connectivity index (χ3v) is 10.2. The Kier molecular flexibility index (Phi) is 7.40. The summed E-state index contributed by atoms with van der Waals surface area (Å²) in [4.78, 5) is 0.180. The Balaban J connectivity index is 2.23. The summed E-state index contributed by atoms with van der Waals surface area (Å²) in [5, 5.41) is 12.0. The molecule has 0 aliphatic heterocycles. The molecule has 0 aliphatic rings. The van der Waals surface area contributed by atoms with Crippen molar-refractivity contribution in [3.63, 3.8) is 0 Å². The van der Waals surface area contributed by atoms with Gasteiger partial charge >= 0.3 is 153 Å². The fourth-order valence-corrected chi connectivity index (χ4v) is 8.18. The third-order valence-electron chi connectivity index (χ3n) is 3.59. The molecule has 0 bridgehead atoms. The van der Waals surface area contributed by atoms with Crippen molar-refractivity contribution in [3.8, 4) is 0 Å². The quantitative estimate of drug-likeness (QED) is 0.494. The van der Waals surface area contributed by atoms with Gasteiger partial charge in [0.1, 0.15) is 0 Å². The average Bonchev–Trinajstić information content (AvgIpc) is 2.54. The number of hydrogen-bond donors (Lipinski definition) is 1. The van der Waals surface area contributed by atoms with Crippen LogP contribution in [-0.2, 0) is 0 Å². The van der Waals surface area contributed by atoms with Crippen LogP contribution in [0.3, 0.4) is 0 Å². The molecule has 124 valence electrons. The van der Waals surface area contributed by atoms with E-state index < -0.39 is 5.60 Å². The van der Waals surface area contributed by atoms with Gasteiger partial charge in [-0.1, -0.05) is 0 Å². The van der Waals surface area contributed by atoms with Gasteiger partial charge in [0, 0.05) is 0 Å². The molecule has 3 heteroatoms. The van der Waals surface area contributed by atoms with Crippen molar-refractivity contribution in [2.45, 2.75) is 49.3 Å². The van der Waals surface area contributed by atoms with E-state index in [-0.39, 0.29) is 19.8 Å². The molecule has 0 aromatic heterocycles. The number of hydrogen-bond acceptors (Lipinski definition) is 1. The van der Waals surface area contributed by atoms with Crippen LogP contribution in [0.5, 0.6) is 0 Å². The Hall–Kier alpha value is -0.561. The van der Waals surface area contributed by atoms with Crippen LogP contribution >= 0.6 is 0 Å². The average molecular weight is 440 g/mol. The van der Waals surface area contributed by atoms with E-state index in [9.17, 15) is 5.11 Å². The Morgan fingerprint density at radius 3 is 2.17 bits per heavy atom. The second kappa shape index (κ2) is 9.06. The first-order valence-electron chi connectivity index (χ1n) is 8.18. The van der Waals surface area contributed by atoms with E-state index in [1.807, 2.05) is 19.9 Å². The predicted molar refractivity (Wildman–Crippen MR) is 102 cm³/mol. The zero-order valence-corrected chi connectivity index (χ0v) is 17.6. The molecule has 0 radical (unpaired) electrons. The van der Waals surface area contributed by atoms with Gasteiger partial charge in [-0.25, -0.2) is 0 Å². The van der Waals surface area contributed by atoms with Crippen LogP contribution in [0, 0.1) is 0 Å². The van der Waals surface area contributed by atoms with Crippen LogP contribution in [0.15, 0.2) is 54.6 Å². The second-order valence-corrected chi connectivity index (χ2v) is 11.0. The summed E-state index contributed by atoms with van der Waals surface area (Å²) in [5.74, 6) is 0. The maximum atomic E-state index is 10.7. The molecule has 0 spiro atoms. The van der Waals surface area contributed by atoms with Gasteiger partial charge in [0.2, 0.25) is 0 Å². The summed E-state index contributed by atoms with van der Waals surface area (Å²) in [6.07, 6.45) is 2.58. The third kappa shape index (κ3) is 5.78. The van der Waals surface area contributed by atoms with Crippen molar-refractivity contribution < 1.29 is 5.11 Å². The Labute approximate surface area is 153 Å². The van der Waals surface area contributed by atoms with E-state index in [0.717, 1.165) is 0 Å². The first-order chi connectivity index (χ1) is 11.0. The number of rotatable bonds is 8. The molecule has 0 fully saturated rings. The maximum absolute atomic E-state index is 10.7. The molecule has 1 unspecified atom stereocenters. The molecule has 0 saturated heterocycles. The van der Waals surface area contributed by atoms with Crippen LogP contribution in [0.25, 0.3) is 0 Å². The van der Waals surface area contributed by atoms with Crippen LogP contribution in [0.4, 0.5) is 0 Å². The Morgan fingerprint density at radius 2 is 1.57 bits per heavy atom. The summed E-state index contributed by atoms with van der Waals surface area (Å²) in [7, 11) is 0. The topological polar surface area (TPSA) is 20.2 Å². The summed E-state index contributed by atoms with van der Waals surface area (Å²) < 4.78 is 2.99. The minimum atomic E-state index is -0.703. The SMILES string of the molecule is CCCC[Se]c1ccccc1[Se]C(c1ccccc1)C(C)(C)O. The van der Waals surface area contributed by atoms with E-state index in [1.165, 1.54) is 32.6 Å². The standard InChI is InChI=1S/C20H26OSe2/c1-4-5-15-22-17-13-9-10-14-18(17)23-19(20(2,3)21)16-11-7-6-8-12-16/h6-14,19,21H,4-5,15H2,1-3H3. The molecule has 0 amide bonds. The van der Waals surface area contributed by atoms with Crippen LogP contribution < -0.4 is 8.92 Å². The van der Waals surface area contributed by atoms with Crippen molar-refractivity contribution in [2.75, 3.05) is 0 Å². The fraction of sp³-hybridized carbons (Fsp3) is 0.400. The monoisotopic (exact) mass is 442 g/mol. The second-order valence-electron chi connectivity index (χ2n) is 6.21. The number of unbranched alkanes of at least 4 members (excludes halogenated alkanes) is 1. The van der Waals surface area contributed by atoms with Crippen molar-refractivity contribution in [1.29, 1.82) is 0 Å². The van der Waals surface area contributed by atoms with Gasteiger partial charge < -0.3 is 0 Å². The van der Waals surface area contributed by atoms with E-state index >= 15 is 0 Å². The van der Waals surface area contributed by atoms with E-state index in [4.69, 9.17) is 0 Å². The van der Waals surface area contributed by atoms with Crippen molar-refractivity contribution in [3.05, 3.63) is 60.2 Å². The molecule has 2 aromatic rings. The van der Waals surface area contributed by atoms with Gasteiger partial charge in [-0.2, -0.15) is 0 Å². The van der Waals surface area contributed by atoms with Gasteiger partial charge in [0.15, 0.2) is 0 Å². The molecule has 2 rings (SSSR count). The van der Waals surface area contributed by atoms with E-state index in [2.05, 4.69) is 55.5 Å². The molecule has 1 atom stereocenters. The molecule has 1 nitrogen and oxygen atoms in total. The van der Waals surface area contributed by atoms with Gasteiger partial charge in [0.05, 0.1) is 0 Å². The van der Waals surface area contributed by atoms with Crippen molar-refractivity contribution >= 4 is 38.8 Å². The van der Waals surface area contributed by atoms with E-state index in [1.54, 1.807) is 0 Å². The van der Waals surface area contributed by atoms with Gasteiger partial charge in [-0.15, -0.1) is 0 Å². The number of aliphatic hydroxyl groups is 1. The van der Waals surface area contributed by atoms with Crippen LogP contribution in [0.1, 0.15) is 44.0 Å². The predicted octanol–water partition coefficient (Wildman–Crippen LogP) is 3.08. The van der Waals surface area contributed by atoms with Crippen molar-refractivity contribution in [2.24, 2.45) is 0 Å². The summed E-state index contributed by atoms with van der Waals surface area (Å²) >= 11 is 0.777. The molecule has 0 aliphatic carbocycles. The summed E-state index contributed by atoms with van der Waals surface area (Å²) in [6.45, 7) is 6.14. The summed E-state index contributed by atoms with van der Waals surface area (Å²) in [6, 6.07) is 19.3. The molecule has 23 heavy (non-hydrogen) atoms. The van der Waals surface area contributed by atoms with Gasteiger partial charge in [-0.3, -0.25) is 0 Å². The first-order valence-corrected chi connectivity index (χ1v) is 12.1. The molecule has 1 N–H and O–H groups in total. The van der Waals surface area contributed by atoms with Crippen molar-refractivity contribution in [1.82, 2.24) is 0 Å². The first kappa shape index (κ1) is 18.8. The summed E-state index contributed by atoms with van der Waals surface area (Å²) in [5.41, 5.74) is 0.543. The molecule has 2 aromatic carbocycles. The molecule has 0 heterocycles. The Morgan fingerprint density at radius 1 is 0.957 bits per heavy atom. The number of benzene rings is 2.